The smallest absolute Gasteiger partial charge is 0.222 e. The zero-order valence-corrected chi connectivity index (χ0v) is 19.6. The molecule has 6 nitrogen and oxygen atoms in total. The predicted molar refractivity (Wildman–Crippen MR) is 124 cm³/mol. The number of anilines is 2. The lowest BCUT2D eigenvalue weighted by Crippen LogP contribution is -2.32. The molecular formula is C22H25BrN4O2S. The number of amides is 1. The third-order valence-corrected chi connectivity index (χ3v) is 7.21. The Hall–Kier alpha value is -2.03. The van der Waals surface area contributed by atoms with Gasteiger partial charge in [-0.1, -0.05) is 22.0 Å². The van der Waals surface area contributed by atoms with Gasteiger partial charge in [0.2, 0.25) is 5.91 Å². The van der Waals surface area contributed by atoms with E-state index in [2.05, 4.69) is 31.2 Å². The van der Waals surface area contributed by atoms with E-state index >= 15 is 0 Å². The highest BCUT2D eigenvalue weighted by atomic mass is 79.9. The standard InChI is InChI=1S/C22H25BrN4O2S/c1-27(8-9-29-2)19(28)11-14-6-7-17-18(10-14)30-22-20(17)21(24-13-25-22)26-16-5-3-4-15(23)12-16/h3-5,12-14H,6-11H2,1-2H3,(H,24,25,26). The number of nitrogens with one attached hydrogen (secondary N) is 1. The number of ether oxygens (including phenoxy) is 1. The van der Waals surface area contributed by atoms with Crippen molar-refractivity contribution in [3.8, 4) is 0 Å². The number of carbonyl (C=O) groups is 1. The van der Waals surface area contributed by atoms with Gasteiger partial charge in [-0.15, -0.1) is 11.3 Å². The Bertz CT molecular complexity index is 1050. The summed E-state index contributed by atoms with van der Waals surface area (Å²) in [7, 11) is 3.51. The third-order valence-electron chi connectivity index (χ3n) is 5.55. The van der Waals surface area contributed by atoms with Crippen molar-refractivity contribution in [2.75, 3.05) is 32.6 Å². The average Bonchev–Trinajstić information content (AvgIpc) is 3.10. The van der Waals surface area contributed by atoms with Gasteiger partial charge in [-0.25, -0.2) is 9.97 Å². The monoisotopic (exact) mass is 488 g/mol. The van der Waals surface area contributed by atoms with Crippen molar-refractivity contribution in [1.82, 2.24) is 14.9 Å². The summed E-state index contributed by atoms with van der Waals surface area (Å²) in [5.41, 5.74) is 2.33. The SMILES string of the molecule is COCCN(C)C(=O)CC1CCc2c(sc3ncnc(Nc4cccc(Br)c4)c23)C1. The number of rotatable bonds is 7. The first-order chi connectivity index (χ1) is 14.5. The summed E-state index contributed by atoms with van der Waals surface area (Å²) in [6, 6.07) is 8.06. The molecular weight excluding hydrogens is 464 g/mol. The van der Waals surface area contributed by atoms with E-state index in [0.29, 0.717) is 25.5 Å². The van der Waals surface area contributed by atoms with E-state index < -0.39 is 0 Å². The van der Waals surface area contributed by atoms with E-state index in [9.17, 15) is 4.79 Å². The number of likely N-dealkylation sites (N-methyl/N-ethyl adjacent to an activating group) is 1. The van der Waals surface area contributed by atoms with E-state index in [1.165, 1.54) is 10.4 Å². The molecule has 1 atom stereocenters. The Kier molecular flexibility index (Phi) is 6.65. The van der Waals surface area contributed by atoms with Gasteiger partial charge in [-0.2, -0.15) is 0 Å². The maximum atomic E-state index is 12.5. The molecule has 1 amide bonds. The second kappa shape index (κ2) is 9.41. The summed E-state index contributed by atoms with van der Waals surface area (Å²) in [4.78, 5) is 25.7. The van der Waals surface area contributed by atoms with Crippen molar-refractivity contribution in [3.05, 3.63) is 45.5 Å². The maximum Gasteiger partial charge on any atom is 0.222 e. The highest BCUT2D eigenvalue weighted by Gasteiger charge is 2.27. The van der Waals surface area contributed by atoms with Crippen LogP contribution >= 0.6 is 27.3 Å². The van der Waals surface area contributed by atoms with E-state index in [4.69, 9.17) is 4.74 Å². The van der Waals surface area contributed by atoms with Crippen LogP contribution in [-0.4, -0.2) is 48.1 Å². The van der Waals surface area contributed by atoms with Gasteiger partial charge in [0.1, 0.15) is 17.0 Å². The molecule has 2 heterocycles. The fraction of sp³-hybridized carbons (Fsp3) is 0.409. The minimum Gasteiger partial charge on any atom is -0.383 e. The van der Waals surface area contributed by atoms with Crippen LogP contribution in [0.2, 0.25) is 0 Å². The highest BCUT2D eigenvalue weighted by molar-refractivity contribution is 9.10. The van der Waals surface area contributed by atoms with Crippen LogP contribution in [0.25, 0.3) is 10.2 Å². The van der Waals surface area contributed by atoms with Gasteiger partial charge in [0, 0.05) is 42.2 Å². The number of aromatic nitrogens is 2. The summed E-state index contributed by atoms with van der Waals surface area (Å²) in [6.45, 7) is 1.20. The van der Waals surface area contributed by atoms with Crippen LogP contribution in [0.3, 0.4) is 0 Å². The number of aryl methyl sites for hydroxylation is 1. The molecule has 1 aliphatic carbocycles. The minimum absolute atomic E-state index is 0.193. The first kappa shape index (κ1) is 21.2. The van der Waals surface area contributed by atoms with Crippen molar-refractivity contribution in [2.45, 2.75) is 25.7 Å². The Morgan fingerprint density at radius 1 is 1.40 bits per heavy atom. The topological polar surface area (TPSA) is 67.3 Å². The molecule has 1 N–H and O–H groups in total. The van der Waals surface area contributed by atoms with Crippen molar-refractivity contribution in [1.29, 1.82) is 0 Å². The van der Waals surface area contributed by atoms with Crippen LogP contribution in [0.4, 0.5) is 11.5 Å². The van der Waals surface area contributed by atoms with E-state index in [0.717, 1.165) is 45.5 Å². The summed E-state index contributed by atoms with van der Waals surface area (Å²) >= 11 is 5.25. The molecule has 0 saturated heterocycles. The van der Waals surface area contributed by atoms with Crippen LogP contribution in [-0.2, 0) is 22.4 Å². The van der Waals surface area contributed by atoms with Gasteiger partial charge in [0.05, 0.1) is 12.0 Å². The van der Waals surface area contributed by atoms with Gasteiger partial charge in [-0.3, -0.25) is 4.79 Å². The minimum atomic E-state index is 0.193. The molecule has 1 aliphatic rings. The molecule has 2 aromatic heterocycles. The lowest BCUT2D eigenvalue weighted by molar-refractivity contribution is -0.131. The van der Waals surface area contributed by atoms with Crippen LogP contribution in [0.15, 0.2) is 35.1 Å². The quantitative estimate of drug-likeness (QED) is 0.517. The molecule has 0 radical (unpaired) electrons. The molecule has 8 heteroatoms. The van der Waals surface area contributed by atoms with E-state index in [-0.39, 0.29) is 5.91 Å². The lowest BCUT2D eigenvalue weighted by Gasteiger charge is -2.24. The molecule has 1 aromatic carbocycles. The van der Waals surface area contributed by atoms with Crippen LogP contribution in [0, 0.1) is 5.92 Å². The highest BCUT2D eigenvalue weighted by Crippen LogP contribution is 2.41. The van der Waals surface area contributed by atoms with Gasteiger partial charge in [0.25, 0.3) is 0 Å². The molecule has 3 aromatic rings. The van der Waals surface area contributed by atoms with Gasteiger partial charge in [-0.05, 0) is 48.9 Å². The number of hydrogen-bond donors (Lipinski definition) is 1. The fourth-order valence-electron chi connectivity index (χ4n) is 3.91. The normalized spacial score (nSPS) is 15.8. The molecule has 0 spiro atoms. The van der Waals surface area contributed by atoms with E-state index in [1.54, 1.807) is 29.7 Å². The van der Waals surface area contributed by atoms with Crippen molar-refractivity contribution in [3.63, 3.8) is 0 Å². The number of methoxy groups -OCH3 is 1. The first-order valence-electron chi connectivity index (χ1n) is 10.1. The molecule has 0 aliphatic heterocycles. The zero-order chi connectivity index (χ0) is 21.1. The molecule has 30 heavy (non-hydrogen) atoms. The molecule has 158 valence electrons. The third kappa shape index (κ3) is 4.66. The first-order valence-corrected chi connectivity index (χ1v) is 11.7. The van der Waals surface area contributed by atoms with E-state index in [1.807, 2.05) is 31.3 Å². The van der Waals surface area contributed by atoms with Crippen molar-refractivity contribution < 1.29 is 9.53 Å². The average molecular weight is 489 g/mol. The lowest BCUT2D eigenvalue weighted by atomic mass is 9.85. The number of fused-ring (bicyclic) bond motifs is 3. The van der Waals surface area contributed by atoms with Crippen molar-refractivity contribution in [2.24, 2.45) is 5.92 Å². The summed E-state index contributed by atoms with van der Waals surface area (Å²) in [5.74, 6) is 1.42. The van der Waals surface area contributed by atoms with Crippen LogP contribution < -0.4 is 5.32 Å². The summed E-state index contributed by atoms with van der Waals surface area (Å²) in [6.07, 6.45) is 5.10. The molecule has 0 bridgehead atoms. The van der Waals surface area contributed by atoms with Gasteiger partial charge in [0.15, 0.2) is 0 Å². The predicted octanol–water partition coefficient (Wildman–Crippen LogP) is 4.80. The largest absolute Gasteiger partial charge is 0.383 e. The molecule has 0 saturated carbocycles. The van der Waals surface area contributed by atoms with Crippen LogP contribution in [0.5, 0.6) is 0 Å². The molecule has 1 unspecified atom stereocenters. The van der Waals surface area contributed by atoms with Crippen molar-refractivity contribution >= 4 is 54.9 Å². The summed E-state index contributed by atoms with van der Waals surface area (Å²) in [5, 5.41) is 4.58. The second-order valence-corrected chi connectivity index (χ2v) is 9.66. The Balaban J connectivity index is 1.53. The number of halogens is 1. The Morgan fingerprint density at radius 3 is 3.07 bits per heavy atom. The zero-order valence-electron chi connectivity index (χ0n) is 17.2. The Morgan fingerprint density at radius 2 is 2.27 bits per heavy atom. The number of hydrogen-bond acceptors (Lipinski definition) is 6. The van der Waals surface area contributed by atoms with Gasteiger partial charge < -0.3 is 15.0 Å². The van der Waals surface area contributed by atoms with Gasteiger partial charge >= 0.3 is 0 Å². The number of benzene rings is 1. The Labute approximate surface area is 188 Å². The number of thiophene rings is 1. The maximum absolute atomic E-state index is 12.5. The second-order valence-electron chi connectivity index (χ2n) is 7.66. The number of carbonyl (C=O) groups excluding carboxylic acids is 1. The van der Waals surface area contributed by atoms with Crippen LogP contribution in [0.1, 0.15) is 23.3 Å². The molecule has 4 rings (SSSR count). The number of nitrogens with zero attached hydrogens (tertiary/aromatic N) is 3. The summed E-state index contributed by atoms with van der Waals surface area (Å²) < 4.78 is 6.10. The fourth-order valence-corrected chi connectivity index (χ4v) is 5.61. The molecule has 0 fully saturated rings.